The number of nitrogens with zero attached hydrogens (tertiary/aromatic N) is 3. The highest BCUT2D eigenvalue weighted by Crippen LogP contribution is 2.31. The van der Waals surface area contributed by atoms with Crippen molar-refractivity contribution in [2.75, 3.05) is 44.2 Å². The van der Waals surface area contributed by atoms with Crippen molar-refractivity contribution in [2.45, 2.75) is 0 Å². The van der Waals surface area contributed by atoms with Crippen molar-refractivity contribution in [3.05, 3.63) is 54.1 Å². The number of fused-ring (bicyclic) bond motifs is 1. The molecule has 6 heteroatoms. The van der Waals surface area contributed by atoms with Gasteiger partial charge in [0.05, 0.1) is 24.9 Å². The van der Waals surface area contributed by atoms with Crippen molar-refractivity contribution in [1.82, 2.24) is 4.90 Å². The zero-order valence-electron chi connectivity index (χ0n) is 14.6. The molecule has 2 aromatic rings. The van der Waals surface area contributed by atoms with Crippen LogP contribution in [0.2, 0.25) is 0 Å². The number of carbonyl (C=O) groups excluding carboxylic acids is 2. The first-order valence-electron chi connectivity index (χ1n) is 8.01. The van der Waals surface area contributed by atoms with Crippen LogP contribution in [-0.2, 0) is 4.79 Å². The van der Waals surface area contributed by atoms with Crippen LogP contribution in [0.1, 0.15) is 10.4 Å². The van der Waals surface area contributed by atoms with Gasteiger partial charge in [0.15, 0.2) is 0 Å². The number of hydrogen-bond donors (Lipinski definition) is 0. The van der Waals surface area contributed by atoms with E-state index in [1.165, 1.54) is 0 Å². The standard InChI is InChI=1S/C19H21N3O3/c1-20(2)12-18(23)22-13-21(14-8-10-15(25-3)11-9-14)19(24)16-6-4-5-7-17(16)22/h4-11H,12-13H2,1-3H3. The molecule has 1 aliphatic heterocycles. The molecule has 25 heavy (non-hydrogen) atoms. The highest BCUT2D eigenvalue weighted by atomic mass is 16.5. The van der Waals surface area contributed by atoms with E-state index >= 15 is 0 Å². The second-order valence-electron chi connectivity index (χ2n) is 6.15. The molecule has 0 bridgehead atoms. The molecule has 3 rings (SSSR count). The lowest BCUT2D eigenvalue weighted by Crippen LogP contribution is -2.51. The molecular formula is C19H21N3O3. The summed E-state index contributed by atoms with van der Waals surface area (Å²) in [6, 6.07) is 14.5. The summed E-state index contributed by atoms with van der Waals surface area (Å²) in [5, 5.41) is 0. The first-order chi connectivity index (χ1) is 12.0. The Labute approximate surface area is 147 Å². The van der Waals surface area contributed by atoms with Gasteiger partial charge in [0.1, 0.15) is 12.4 Å². The minimum atomic E-state index is -0.116. The van der Waals surface area contributed by atoms with E-state index in [1.807, 2.05) is 49.3 Å². The van der Waals surface area contributed by atoms with E-state index in [-0.39, 0.29) is 25.0 Å². The van der Waals surface area contributed by atoms with Crippen LogP contribution in [-0.4, -0.2) is 51.1 Å². The van der Waals surface area contributed by atoms with E-state index in [0.717, 1.165) is 5.69 Å². The summed E-state index contributed by atoms with van der Waals surface area (Å²) in [6.45, 7) is 0.466. The van der Waals surface area contributed by atoms with Gasteiger partial charge in [-0.2, -0.15) is 0 Å². The van der Waals surface area contributed by atoms with Gasteiger partial charge in [-0.1, -0.05) is 12.1 Å². The number of amides is 2. The fourth-order valence-corrected chi connectivity index (χ4v) is 2.85. The highest BCUT2D eigenvalue weighted by Gasteiger charge is 2.33. The van der Waals surface area contributed by atoms with Crippen LogP contribution >= 0.6 is 0 Å². The van der Waals surface area contributed by atoms with Gasteiger partial charge in [-0.15, -0.1) is 0 Å². The molecule has 0 radical (unpaired) electrons. The number of carbonyl (C=O) groups is 2. The van der Waals surface area contributed by atoms with Gasteiger partial charge in [-0.25, -0.2) is 0 Å². The van der Waals surface area contributed by atoms with Crippen molar-refractivity contribution in [1.29, 1.82) is 0 Å². The molecule has 6 nitrogen and oxygen atoms in total. The van der Waals surface area contributed by atoms with Gasteiger partial charge in [0.25, 0.3) is 5.91 Å². The highest BCUT2D eigenvalue weighted by molar-refractivity contribution is 6.15. The third-order valence-corrected chi connectivity index (χ3v) is 4.09. The minimum absolute atomic E-state index is 0.0524. The average Bonchev–Trinajstić information content (AvgIpc) is 2.62. The molecular weight excluding hydrogens is 318 g/mol. The molecule has 0 fully saturated rings. The number of hydrogen-bond acceptors (Lipinski definition) is 4. The SMILES string of the molecule is COc1ccc(N2CN(C(=O)CN(C)C)c3ccccc3C2=O)cc1. The maximum absolute atomic E-state index is 12.9. The van der Waals surface area contributed by atoms with Crippen LogP contribution in [0, 0.1) is 0 Å². The Morgan fingerprint density at radius 2 is 1.80 bits per heavy atom. The van der Waals surface area contributed by atoms with Gasteiger partial charge >= 0.3 is 0 Å². The maximum Gasteiger partial charge on any atom is 0.261 e. The Kier molecular flexibility index (Phi) is 4.72. The molecule has 0 atom stereocenters. The molecule has 0 unspecified atom stereocenters. The van der Waals surface area contributed by atoms with Gasteiger partial charge in [-0.05, 0) is 50.5 Å². The Morgan fingerprint density at radius 1 is 1.12 bits per heavy atom. The monoisotopic (exact) mass is 339 g/mol. The molecule has 0 saturated carbocycles. The smallest absolute Gasteiger partial charge is 0.261 e. The molecule has 2 amide bonds. The molecule has 2 aromatic carbocycles. The molecule has 1 aliphatic rings. The van der Waals surface area contributed by atoms with Crippen LogP contribution in [0.15, 0.2) is 48.5 Å². The number of para-hydroxylation sites is 1. The minimum Gasteiger partial charge on any atom is -0.497 e. The van der Waals surface area contributed by atoms with E-state index in [2.05, 4.69) is 0 Å². The summed E-state index contributed by atoms with van der Waals surface area (Å²) < 4.78 is 5.17. The quantitative estimate of drug-likeness (QED) is 0.857. The number of methoxy groups -OCH3 is 1. The third-order valence-electron chi connectivity index (χ3n) is 4.09. The molecule has 0 spiro atoms. The van der Waals surface area contributed by atoms with Crippen LogP contribution in [0.25, 0.3) is 0 Å². The fraction of sp³-hybridized carbons (Fsp3) is 0.263. The molecule has 130 valence electrons. The predicted molar refractivity (Wildman–Crippen MR) is 97.2 cm³/mol. The average molecular weight is 339 g/mol. The Balaban J connectivity index is 1.99. The predicted octanol–water partition coefficient (Wildman–Crippen LogP) is 2.21. The molecule has 0 N–H and O–H groups in total. The zero-order valence-corrected chi connectivity index (χ0v) is 14.6. The van der Waals surface area contributed by atoms with Crippen molar-refractivity contribution in [3.8, 4) is 5.75 Å². The first-order valence-corrected chi connectivity index (χ1v) is 8.01. The number of rotatable bonds is 4. The van der Waals surface area contributed by atoms with Crippen molar-refractivity contribution >= 4 is 23.2 Å². The lowest BCUT2D eigenvalue weighted by Gasteiger charge is -2.37. The van der Waals surface area contributed by atoms with E-state index in [9.17, 15) is 9.59 Å². The lowest BCUT2D eigenvalue weighted by molar-refractivity contribution is -0.119. The second kappa shape index (κ2) is 6.94. The maximum atomic E-state index is 12.9. The Hall–Kier alpha value is -2.86. The summed E-state index contributed by atoms with van der Waals surface area (Å²) in [5.41, 5.74) is 1.91. The summed E-state index contributed by atoms with van der Waals surface area (Å²) in [5.74, 6) is 0.548. The van der Waals surface area contributed by atoms with Gasteiger partial charge in [0, 0.05) is 5.69 Å². The Bertz CT molecular complexity index is 787. The topological polar surface area (TPSA) is 53.1 Å². The van der Waals surface area contributed by atoms with Gasteiger partial charge < -0.3 is 9.64 Å². The number of ether oxygens (including phenoxy) is 1. The normalized spacial score (nSPS) is 13.8. The number of benzene rings is 2. The van der Waals surface area contributed by atoms with Gasteiger partial charge in [-0.3, -0.25) is 19.4 Å². The molecule has 0 aromatic heterocycles. The largest absolute Gasteiger partial charge is 0.497 e. The van der Waals surface area contributed by atoms with Crippen molar-refractivity contribution < 1.29 is 14.3 Å². The number of anilines is 2. The van der Waals surface area contributed by atoms with E-state index < -0.39 is 0 Å². The van der Waals surface area contributed by atoms with E-state index in [0.29, 0.717) is 17.0 Å². The fourth-order valence-electron chi connectivity index (χ4n) is 2.85. The van der Waals surface area contributed by atoms with Crippen molar-refractivity contribution in [3.63, 3.8) is 0 Å². The molecule has 1 heterocycles. The Morgan fingerprint density at radius 3 is 2.44 bits per heavy atom. The van der Waals surface area contributed by atoms with Crippen LogP contribution in [0.3, 0.4) is 0 Å². The van der Waals surface area contributed by atoms with E-state index in [4.69, 9.17) is 4.74 Å². The van der Waals surface area contributed by atoms with Crippen LogP contribution in [0.5, 0.6) is 5.75 Å². The second-order valence-corrected chi connectivity index (χ2v) is 6.15. The zero-order chi connectivity index (χ0) is 18.0. The first kappa shape index (κ1) is 17.0. The lowest BCUT2D eigenvalue weighted by atomic mass is 10.1. The van der Waals surface area contributed by atoms with Gasteiger partial charge in [0.2, 0.25) is 5.91 Å². The molecule has 0 aliphatic carbocycles. The van der Waals surface area contributed by atoms with Crippen LogP contribution in [0.4, 0.5) is 11.4 Å². The van der Waals surface area contributed by atoms with Crippen molar-refractivity contribution in [2.24, 2.45) is 0 Å². The summed E-state index contributed by atoms with van der Waals surface area (Å²) in [7, 11) is 5.29. The summed E-state index contributed by atoms with van der Waals surface area (Å²) >= 11 is 0. The summed E-state index contributed by atoms with van der Waals surface area (Å²) in [6.07, 6.45) is 0. The number of likely N-dealkylation sites (N-methyl/N-ethyl adjacent to an activating group) is 1. The summed E-state index contributed by atoms with van der Waals surface area (Å²) in [4.78, 5) is 30.7. The van der Waals surface area contributed by atoms with Crippen LogP contribution < -0.4 is 14.5 Å². The molecule has 0 saturated heterocycles. The van der Waals surface area contributed by atoms with E-state index in [1.54, 1.807) is 35.1 Å². The third kappa shape index (κ3) is 3.34.